The Bertz CT molecular complexity index is 1550. The molecular formula is C29H26N4O2. The SMILES string of the molecule is Cc1cc2[nH]ccc2cc1CNC(=O)c1cncc(Cc2ccc(Cn3ccccc3=O)cc2)c1. The number of nitrogens with zero attached hydrogens (tertiary/aromatic N) is 2. The molecule has 0 unspecified atom stereocenters. The van der Waals surface area contributed by atoms with Crippen molar-refractivity contribution in [2.75, 3.05) is 0 Å². The average molecular weight is 463 g/mol. The van der Waals surface area contributed by atoms with Gasteiger partial charge in [0.2, 0.25) is 0 Å². The number of pyridine rings is 2. The molecule has 5 aromatic rings. The van der Waals surface area contributed by atoms with Crippen LogP contribution in [0.15, 0.2) is 96.3 Å². The molecule has 0 radical (unpaired) electrons. The Morgan fingerprint density at radius 1 is 0.971 bits per heavy atom. The summed E-state index contributed by atoms with van der Waals surface area (Å²) in [5.41, 5.74) is 6.98. The molecule has 0 aliphatic rings. The lowest BCUT2D eigenvalue weighted by atomic mass is 10.0. The van der Waals surface area contributed by atoms with E-state index in [1.165, 1.54) is 0 Å². The Kier molecular flexibility index (Phi) is 6.26. The fourth-order valence-corrected chi connectivity index (χ4v) is 4.22. The van der Waals surface area contributed by atoms with Gasteiger partial charge < -0.3 is 14.9 Å². The first-order valence-electron chi connectivity index (χ1n) is 11.6. The number of nitrogens with one attached hydrogen (secondary N) is 2. The molecule has 3 aromatic heterocycles. The molecule has 2 aromatic carbocycles. The standard InChI is InChI=1S/C29H26N4O2/c1-20-12-27-24(9-10-31-27)15-25(20)18-32-29(35)26-14-23(16-30-17-26)13-21-5-7-22(8-6-21)19-33-11-3-2-4-28(33)34/h2-12,14-17,31H,13,18-19H2,1H3,(H,32,35). The summed E-state index contributed by atoms with van der Waals surface area (Å²) >= 11 is 0. The zero-order valence-electron chi connectivity index (χ0n) is 19.5. The van der Waals surface area contributed by atoms with Crippen LogP contribution in [0.5, 0.6) is 0 Å². The molecule has 174 valence electrons. The van der Waals surface area contributed by atoms with Crippen LogP contribution in [0.25, 0.3) is 10.9 Å². The maximum Gasteiger partial charge on any atom is 0.253 e. The summed E-state index contributed by atoms with van der Waals surface area (Å²) in [5.74, 6) is -0.142. The van der Waals surface area contributed by atoms with Gasteiger partial charge in [0.25, 0.3) is 11.5 Å². The fraction of sp³-hybridized carbons (Fsp3) is 0.138. The molecule has 0 saturated carbocycles. The molecule has 0 bridgehead atoms. The minimum absolute atomic E-state index is 0.0158. The highest BCUT2D eigenvalue weighted by Crippen LogP contribution is 2.19. The number of hydrogen-bond acceptors (Lipinski definition) is 3. The summed E-state index contributed by atoms with van der Waals surface area (Å²) in [7, 11) is 0. The van der Waals surface area contributed by atoms with Crippen molar-refractivity contribution in [3.05, 3.63) is 135 Å². The number of aryl methyl sites for hydroxylation is 1. The highest BCUT2D eigenvalue weighted by molar-refractivity contribution is 5.94. The Balaban J connectivity index is 1.23. The first-order chi connectivity index (χ1) is 17.0. The van der Waals surface area contributed by atoms with Gasteiger partial charge in [-0.3, -0.25) is 14.6 Å². The third kappa shape index (κ3) is 5.22. The molecule has 0 atom stereocenters. The molecule has 2 N–H and O–H groups in total. The van der Waals surface area contributed by atoms with E-state index in [1.54, 1.807) is 35.3 Å². The van der Waals surface area contributed by atoms with Gasteiger partial charge in [-0.1, -0.05) is 30.3 Å². The molecule has 0 saturated heterocycles. The topological polar surface area (TPSA) is 79.8 Å². The van der Waals surface area contributed by atoms with Crippen molar-refractivity contribution in [1.82, 2.24) is 19.9 Å². The maximum absolute atomic E-state index is 12.8. The van der Waals surface area contributed by atoms with Gasteiger partial charge in [-0.2, -0.15) is 0 Å². The lowest BCUT2D eigenvalue weighted by Crippen LogP contribution is -2.23. The third-order valence-corrected chi connectivity index (χ3v) is 6.19. The van der Waals surface area contributed by atoms with Gasteiger partial charge in [0.1, 0.15) is 0 Å². The Labute approximate surface area is 203 Å². The van der Waals surface area contributed by atoms with E-state index in [-0.39, 0.29) is 11.5 Å². The van der Waals surface area contributed by atoms with E-state index in [1.807, 2.05) is 43.5 Å². The second kappa shape index (κ2) is 9.81. The molecular weight excluding hydrogens is 436 g/mol. The number of aromatic nitrogens is 3. The number of hydrogen-bond donors (Lipinski definition) is 2. The molecule has 5 rings (SSSR count). The predicted octanol–water partition coefficient (Wildman–Crippen LogP) is 4.60. The summed E-state index contributed by atoms with van der Waals surface area (Å²) < 4.78 is 1.68. The number of fused-ring (bicyclic) bond motifs is 1. The van der Waals surface area contributed by atoms with Gasteiger partial charge in [0.15, 0.2) is 0 Å². The maximum atomic E-state index is 12.8. The monoisotopic (exact) mass is 462 g/mol. The number of rotatable bonds is 7. The third-order valence-electron chi connectivity index (χ3n) is 6.19. The van der Waals surface area contributed by atoms with Gasteiger partial charge in [-0.15, -0.1) is 0 Å². The number of carbonyl (C=O) groups is 1. The second-order valence-electron chi connectivity index (χ2n) is 8.77. The predicted molar refractivity (Wildman–Crippen MR) is 137 cm³/mol. The van der Waals surface area contributed by atoms with Gasteiger partial charge in [-0.05, 0) is 76.9 Å². The smallest absolute Gasteiger partial charge is 0.253 e. The number of amides is 1. The zero-order chi connectivity index (χ0) is 24.2. The lowest BCUT2D eigenvalue weighted by molar-refractivity contribution is 0.0950. The van der Waals surface area contributed by atoms with Crippen LogP contribution < -0.4 is 10.9 Å². The van der Waals surface area contributed by atoms with E-state index < -0.39 is 0 Å². The largest absolute Gasteiger partial charge is 0.361 e. The van der Waals surface area contributed by atoms with Crippen LogP contribution in [0, 0.1) is 6.92 Å². The van der Waals surface area contributed by atoms with E-state index in [9.17, 15) is 9.59 Å². The minimum atomic E-state index is -0.142. The van der Waals surface area contributed by atoms with Crippen LogP contribution in [0.4, 0.5) is 0 Å². The molecule has 35 heavy (non-hydrogen) atoms. The molecule has 1 amide bonds. The van der Waals surface area contributed by atoms with Crippen LogP contribution in [-0.4, -0.2) is 20.4 Å². The van der Waals surface area contributed by atoms with Crippen LogP contribution in [0.2, 0.25) is 0 Å². The molecule has 0 fully saturated rings. The van der Waals surface area contributed by atoms with E-state index >= 15 is 0 Å². The highest BCUT2D eigenvalue weighted by Gasteiger charge is 2.10. The molecule has 6 heteroatoms. The van der Waals surface area contributed by atoms with Crippen molar-refractivity contribution in [1.29, 1.82) is 0 Å². The average Bonchev–Trinajstić information content (AvgIpc) is 3.32. The van der Waals surface area contributed by atoms with Gasteiger partial charge >= 0.3 is 0 Å². The molecule has 3 heterocycles. The normalized spacial score (nSPS) is 11.0. The van der Waals surface area contributed by atoms with E-state index in [4.69, 9.17) is 0 Å². The van der Waals surface area contributed by atoms with Crippen LogP contribution in [0.1, 0.15) is 38.2 Å². The summed E-state index contributed by atoms with van der Waals surface area (Å²) in [6.45, 7) is 3.04. The Morgan fingerprint density at radius 3 is 2.63 bits per heavy atom. The lowest BCUT2D eigenvalue weighted by Gasteiger charge is -2.10. The van der Waals surface area contributed by atoms with Crippen LogP contribution in [0.3, 0.4) is 0 Å². The first-order valence-corrected chi connectivity index (χ1v) is 11.6. The number of benzene rings is 2. The van der Waals surface area contributed by atoms with Crippen molar-refractivity contribution in [2.45, 2.75) is 26.4 Å². The van der Waals surface area contributed by atoms with Crippen LogP contribution >= 0.6 is 0 Å². The molecule has 0 aliphatic heterocycles. The van der Waals surface area contributed by atoms with Crippen molar-refractivity contribution >= 4 is 16.8 Å². The first kappa shape index (κ1) is 22.3. The zero-order valence-corrected chi connectivity index (χ0v) is 19.5. The van der Waals surface area contributed by atoms with Crippen molar-refractivity contribution in [3.63, 3.8) is 0 Å². The van der Waals surface area contributed by atoms with Crippen molar-refractivity contribution in [2.24, 2.45) is 0 Å². The van der Waals surface area contributed by atoms with Gasteiger partial charge in [0, 0.05) is 42.9 Å². The van der Waals surface area contributed by atoms with E-state index in [0.717, 1.165) is 38.7 Å². The number of H-pyrrole nitrogens is 1. The number of aromatic amines is 1. The Hall–Kier alpha value is -4.45. The molecule has 0 spiro atoms. The summed E-state index contributed by atoms with van der Waals surface area (Å²) in [6, 6.07) is 21.4. The van der Waals surface area contributed by atoms with E-state index in [0.29, 0.717) is 25.1 Å². The molecule has 0 aliphatic carbocycles. The van der Waals surface area contributed by atoms with Crippen molar-refractivity contribution < 1.29 is 4.79 Å². The quantitative estimate of drug-likeness (QED) is 0.371. The summed E-state index contributed by atoms with van der Waals surface area (Å²) in [6.07, 6.45) is 7.77. The summed E-state index contributed by atoms with van der Waals surface area (Å²) in [4.78, 5) is 32.2. The van der Waals surface area contributed by atoms with Crippen molar-refractivity contribution in [3.8, 4) is 0 Å². The Morgan fingerprint density at radius 2 is 1.80 bits per heavy atom. The highest BCUT2D eigenvalue weighted by atomic mass is 16.1. The van der Waals surface area contributed by atoms with Crippen LogP contribution in [-0.2, 0) is 19.5 Å². The number of carbonyl (C=O) groups excluding carboxylic acids is 1. The summed E-state index contributed by atoms with van der Waals surface area (Å²) in [5, 5.41) is 4.15. The minimum Gasteiger partial charge on any atom is -0.361 e. The van der Waals surface area contributed by atoms with Gasteiger partial charge in [0.05, 0.1) is 12.1 Å². The van der Waals surface area contributed by atoms with Gasteiger partial charge in [-0.25, -0.2) is 0 Å². The fourth-order valence-electron chi connectivity index (χ4n) is 4.22. The second-order valence-corrected chi connectivity index (χ2v) is 8.77. The molecule has 6 nitrogen and oxygen atoms in total. The van der Waals surface area contributed by atoms with E-state index in [2.05, 4.69) is 39.6 Å².